The molecule has 4 nitrogen and oxygen atoms in total. The second kappa shape index (κ2) is 10.5. The highest BCUT2D eigenvalue weighted by Gasteiger charge is 2.18. The van der Waals surface area contributed by atoms with Crippen LogP contribution in [-0.2, 0) is 0 Å². The summed E-state index contributed by atoms with van der Waals surface area (Å²) in [5.74, 6) is 1.83. The van der Waals surface area contributed by atoms with E-state index in [9.17, 15) is 0 Å². The van der Waals surface area contributed by atoms with Crippen molar-refractivity contribution in [1.82, 2.24) is 19.5 Å². The molecular weight excluding hydrogens is 524 g/mol. The van der Waals surface area contributed by atoms with Crippen LogP contribution in [0.4, 0.5) is 0 Å². The number of aromatic nitrogens is 4. The van der Waals surface area contributed by atoms with Gasteiger partial charge < -0.3 is 4.57 Å². The van der Waals surface area contributed by atoms with Crippen molar-refractivity contribution in [3.63, 3.8) is 0 Å². The molecule has 0 N–H and O–H groups in total. The van der Waals surface area contributed by atoms with E-state index in [1.54, 1.807) is 0 Å². The van der Waals surface area contributed by atoms with E-state index in [0.717, 1.165) is 55.3 Å². The van der Waals surface area contributed by atoms with Gasteiger partial charge in [0.2, 0.25) is 0 Å². The Morgan fingerprint density at radius 2 is 0.907 bits per heavy atom. The van der Waals surface area contributed by atoms with Crippen molar-refractivity contribution in [3.05, 3.63) is 158 Å². The maximum atomic E-state index is 8.97. The molecule has 8 rings (SSSR count). The second-order valence-electron chi connectivity index (χ2n) is 10.4. The van der Waals surface area contributed by atoms with Crippen LogP contribution in [0.5, 0.6) is 0 Å². The Balaban J connectivity index is 1.43. The van der Waals surface area contributed by atoms with E-state index in [2.05, 4.69) is 77.4 Å². The molecule has 0 saturated carbocycles. The van der Waals surface area contributed by atoms with Crippen molar-refractivity contribution in [1.29, 1.82) is 0 Å². The van der Waals surface area contributed by atoms with Gasteiger partial charge in [0.05, 0.1) is 18.1 Å². The minimum Gasteiger partial charge on any atom is -0.309 e. The van der Waals surface area contributed by atoms with Gasteiger partial charge in [-0.2, -0.15) is 0 Å². The van der Waals surface area contributed by atoms with Crippen molar-refractivity contribution in [3.8, 4) is 51.0 Å². The number of rotatable bonds is 5. The zero-order valence-corrected chi connectivity index (χ0v) is 23.2. The molecule has 0 amide bonds. The maximum Gasteiger partial charge on any atom is 0.164 e. The van der Waals surface area contributed by atoms with E-state index < -0.39 is 0 Å². The van der Waals surface area contributed by atoms with Crippen LogP contribution in [0.3, 0.4) is 0 Å². The molecule has 4 heteroatoms. The monoisotopic (exact) mass is 551 g/mol. The molecule has 0 aliphatic rings. The van der Waals surface area contributed by atoms with Crippen LogP contribution < -0.4 is 0 Å². The van der Waals surface area contributed by atoms with Gasteiger partial charge in [0, 0.05) is 33.0 Å². The average Bonchev–Trinajstić information content (AvgIpc) is 3.44. The molecule has 202 valence electrons. The predicted molar refractivity (Wildman–Crippen MR) is 176 cm³/mol. The van der Waals surface area contributed by atoms with Crippen molar-refractivity contribution in [2.24, 2.45) is 0 Å². The smallest absolute Gasteiger partial charge is 0.164 e. The highest BCUT2D eigenvalue weighted by molar-refractivity contribution is 6.09. The Morgan fingerprint density at radius 3 is 1.53 bits per heavy atom. The normalized spacial score (nSPS) is 11.6. The third kappa shape index (κ3) is 4.46. The lowest BCUT2D eigenvalue weighted by Gasteiger charge is -2.16. The van der Waals surface area contributed by atoms with Crippen LogP contribution in [0.2, 0.25) is 0 Å². The lowest BCUT2D eigenvalue weighted by Crippen LogP contribution is -2.02. The van der Waals surface area contributed by atoms with Crippen LogP contribution in [0.25, 0.3) is 72.8 Å². The van der Waals surface area contributed by atoms with E-state index in [1.807, 2.05) is 78.9 Å². The fourth-order valence-corrected chi connectivity index (χ4v) is 5.75. The van der Waals surface area contributed by atoms with Gasteiger partial charge >= 0.3 is 0 Å². The Kier molecular flexibility index (Phi) is 5.82. The second-order valence-corrected chi connectivity index (χ2v) is 10.4. The summed E-state index contributed by atoms with van der Waals surface area (Å²) in [7, 11) is 0. The SMILES string of the molecule is [2H]c1cccc2c3ccccc3n(-c3cc(-c4nc(-c5ccccc5)nc(-c5ccccc5)n4)ccc3-c3ccccc3)c12. The zero-order valence-electron chi connectivity index (χ0n) is 24.2. The Bertz CT molecular complexity index is 2220. The van der Waals surface area contributed by atoms with Gasteiger partial charge in [0.25, 0.3) is 0 Å². The first-order valence-corrected chi connectivity index (χ1v) is 14.3. The molecular formula is C39H26N4. The molecule has 0 fully saturated rings. The Labute approximate surface area is 251 Å². The number of nitrogens with zero attached hydrogens (tertiary/aromatic N) is 4. The predicted octanol–water partition coefficient (Wildman–Crippen LogP) is 9.64. The Hall–Kier alpha value is -5.87. The van der Waals surface area contributed by atoms with Gasteiger partial charge in [-0.25, -0.2) is 15.0 Å². The largest absolute Gasteiger partial charge is 0.309 e. The highest BCUT2D eigenvalue weighted by Crippen LogP contribution is 2.38. The molecule has 2 heterocycles. The molecule has 0 spiro atoms. The molecule has 0 atom stereocenters. The first-order chi connectivity index (χ1) is 21.7. The Morgan fingerprint density at radius 1 is 0.419 bits per heavy atom. The molecule has 0 radical (unpaired) electrons. The lowest BCUT2D eigenvalue weighted by atomic mass is 10.0. The van der Waals surface area contributed by atoms with Gasteiger partial charge in [-0.3, -0.25) is 0 Å². The summed E-state index contributed by atoms with van der Waals surface area (Å²) >= 11 is 0. The summed E-state index contributed by atoms with van der Waals surface area (Å²) in [6.45, 7) is 0. The number of hydrogen-bond donors (Lipinski definition) is 0. The molecule has 0 saturated heterocycles. The van der Waals surface area contributed by atoms with E-state index in [-0.39, 0.29) is 0 Å². The van der Waals surface area contributed by atoms with Crippen LogP contribution in [0, 0.1) is 0 Å². The van der Waals surface area contributed by atoms with Crippen molar-refractivity contribution >= 4 is 21.8 Å². The summed E-state index contributed by atoms with van der Waals surface area (Å²) in [4.78, 5) is 14.9. The molecule has 8 aromatic rings. The number of hydrogen-bond acceptors (Lipinski definition) is 3. The minimum absolute atomic E-state index is 0.473. The first-order valence-electron chi connectivity index (χ1n) is 14.8. The summed E-state index contributed by atoms with van der Waals surface area (Å²) < 4.78 is 11.2. The third-order valence-electron chi connectivity index (χ3n) is 7.77. The number of benzene rings is 6. The fraction of sp³-hybridized carbons (Fsp3) is 0. The summed E-state index contributed by atoms with van der Waals surface area (Å²) in [6, 6.07) is 51.5. The van der Waals surface area contributed by atoms with E-state index in [0.29, 0.717) is 23.5 Å². The van der Waals surface area contributed by atoms with Crippen molar-refractivity contribution in [2.75, 3.05) is 0 Å². The van der Waals surface area contributed by atoms with Gasteiger partial charge in [-0.15, -0.1) is 0 Å². The van der Waals surface area contributed by atoms with Gasteiger partial charge in [-0.1, -0.05) is 140 Å². The average molecular weight is 552 g/mol. The molecule has 0 unspecified atom stereocenters. The molecule has 0 aliphatic carbocycles. The number of fused-ring (bicyclic) bond motifs is 3. The summed E-state index contributed by atoms with van der Waals surface area (Å²) in [5.41, 5.74) is 7.74. The van der Waals surface area contributed by atoms with Crippen molar-refractivity contribution in [2.45, 2.75) is 0 Å². The molecule has 0 bridgehead atoms. The van der Waals surface area contributed by atoms with Gasteiger partial charge in [0.15, 0.2) is 17.5 Å². The van der Waals surface area contributed by atoms with Crippen LogP contribution in [-0.4, -0.2) is 19.5 Å². The quantitative estimate of drug-likeness (QED) is 0.214. The summed E-state index contributed by atoms with van der Waals surface area (Å²) in [5, 5.41) is 2.16. The topological polar surface area (TPSA) is 43.6 Å². The molecule has 43 heavy (non-hydrogen) atoms. The van der Waals surface area contributed by atoms with E-state index >= 15 is 0 Å². The third-order valence-corrected chi connectivity index (χ3v) is 7.77. The number of para-hydroxylation sites is 2. The fourth-order valence-electron chi connectivity index (χ4n) is 5.75. The maximum absolute atomic E-state index is 8.97. The molecule has 2 aromatic heterocycles. The van der Waals surface area contributed by atoms with E-state index in [1.165, 1.54) is 0 Å². The van der Waals surface area contributed by atoms with Crippen LogP contribution in [0.15, 0.2) is 158 Å². The van der Waals surface area contributed by atoms with E-state index in [4.69, 9.17) is 16.3 Å². The molecule has 6 aromatic carbocycles. The lowest BCUT2D eigenvalue weighted by molar-refractivity contribution is 1.07. The molecule has 0 aliphatic heterocycles. The summed E-state index contributed by atoms with van der Waals surface area (Å²) in [6.07, 6.45) is 0. The van der Waals surface area contributed by atoms with Gasteiger partial charge in [-0.05, 0) is 23.7 Å². The van der Waals surface area contributed by atoms with Crippen LogP contribution in [0.1, 0.15) is 1.37 Å². The van der Waals surface area contributed by atoms with Crippen LogP contribution >= 0.6 is 0 Å². The van der Waals surface area contributed by atoms with Gasteiger partial charge in [0.1, 0.15) is 0 Å². The minimum atomic E-state index is 0.473. The first kappa shape index (κ1) is 23.8. The standard InChI is InChI=1S/C39H26N4/c1-4-14-27(15-5-1)31-25-24-30(26-36(31)43-34-22-12-10-20-32(34)33-21-11-13-23-35(33)43)39-41-37(28-16-6-2-7-17-28)40-38(42-39)29-18-8-3-9-19-29/h1-26H/i22D. The zero-order chi connectivity index (χ0) is 29.5. The van der Waals surface area contributed by atoms with Crippen molar-refractivity contribution < 1.29 is 1.37 Å². The highest BCUT2D eigenvalue weighted by atomic mass is 15.0.